The molecule has 0 bridgehead atoms. The Kier molecular flexibility index (Phi) is 2.36. The van der Waals surface area contributed by atoms with Gasteiger partial charge >= 0.3 is 0 Å². The number of nitrogens with zero attached hydrogens (tertiary/aromatic N) is 1. The van der Waals surface area contributed by atoms with Crippen LogP contribution in [0, 0.1) is 21.7 Å². The van der Waals surface area contributed by atoms with Crippen LogP contribution in [0.25, 0.3) is 0 Å². The fourth-order valence-electron chi connectivity index (χ4n) is 4.74. The molecule has 0 aromatic carbocycles. The summed E-state index contributed by atoms with van der Waals surface area (Å²) in [5.74, 6) is 0. The molecule has 1 aliphatic heterocycles. The van der Waals surface area contributed by atoms with Crippen molar-refractivity contribution in [2.45, 2.75) is 54.4 Å². The SMILES string of the molecule is CN1CC2(C1)CC(C(C)(C)C)(C(C)(C)C)C2. The van der Waals surface area contributed by atoms with Crippen molar-refractivity contribution in [3.05, 3.63) is 0 Å². The van der Waals surface area contributed by atoms with E-state index in [2.05, 4.69) is 53.5 Å². The summed E-state index contributed by atoms with van der Waals surface area (Å²) in [5.41, 5.74) is 2.10. The van der Waals surface area contributed by atoms with E-state index in [1.54, 1.807) is 0 Å². The summed E-state index contributed by atoms with van der Waals surface area (Å²) in [6.07, 6.45) is 2.88. The van der Waals surface area contributed by atoms with Gasteiger partial charge in [0.15, 0.2) is 0 Å². The lowest BCUT2D eigenvalue weighted by molar-refractivity contribution is -0.225. The molecule has 0 radical (unpaired) electrons. The second-order valence-corrected chi connectivity index (χ2v) is 8.61. The molecule has 1 heterocycles. The first kappa shape index (κ1) is 12.4. The first-order valence-corrected chi connectivity index (χ1v) is 6.70. The van der Waals surface area contributed by atoms with Gasteiger partial charge in [-0.2, -0.15) is 0 Å². The Morgan fingerprint density at radius 2 is 1.19 bits per heavy atom. The fraction of sp³-hybridized carbons (Fsp3) is 1.00. The molecule has 16 heavy (non-hydrogen) atoms. The molecule has 1 nitrogen and oxygen atoms in total. The number of rotatable bonds is 0. The lowest BCUT2D eigenvalue weighted by atomic mass is 9.36. The average Bonchev–Trinajstić information content (AvgIpc) is 1.87. The highest BCUT2D eigenvalue weighted by molar-refractivity contribution is 5.16. The molecule has 2 aliphatic rings. The van der Waals surface area contributed by atoms with E-state index in [0.29, 0.717) is 21.7 Å². The van der Waals surface area contributed by atoms with Crippen LogP contribution < -0.4 is 0 Å². The molecular formula is C15H29N. The molecule has 1 saturated heterocycles. The van der Waals surface area contributed by atoms with Gasteiger partial charge in [0.2, 0.25) is 0 Å². The maximum atomic E-state index is 2.47. The van der Waals surface area contributed by atoms with E-state index in [1.165, 1.54) is 25.9 Å². The van der Waals surface area contributed by atoms with E-state index in [1.807, 2.05) is 0 Å². The van der Waals surface area contributed by atoms with Crippen molar-refractivity contribution in [2.75, 3.05) is 20.1 Å². The largest absolute Gasteiger partial charge is 0.305 e. The lowest BCUT2D eigenvalue weighted by Crippen LogP contribution is -2.69. The number of likely N-dealkylation sites (tertiary alicyclic amines) is 1. The summed E-state index contributed by atoms with van der Waals surface area (Å²) in [7, 11) is 2.25. The van der Waals surface area contributed by atoms with Crippen LogP contribution in [0.2, 0.25) is 0 Å². The number of hydrogen-bond acceptors (Lipinski definition) is 1. The zero-order valence-electron chi connectivity index (χ0n) is 12.3. The Hall–Kier alpha value is -0.0400. The van der Waals surface area contributed by atoms with E-state index in [0.717, 1.165) is 0 Å². The van der Waals surface area contributed by atoms with Crippen molar-refractivity contribution in [1.82, 2.24) is 4.90 Å². The molecule has 0 unspecified atom stereocenters. The van der Waals surface area contributed by atoms with Crippen molar-refractivity contribution in [3.63, 3.8) is 0 Å². The molecule has 1 saturated carbocycles. The maximum Gasteiger partial charge on any atom is 0.00479 e. The van der Waals surface area contributed by atoms with Gasteiger partial charge in [0.05, 0.1) is 0 Å². The first-order valence-electron chi connectivity index (χ1n) is 6.70. The normalized spacial score (nSPS) is 28.7. The quantitative estimate of drug-likeness (QED) is 0.604. The van der Waals surface area contributed by atoms with Gasteiger partial charge in [-0.1, -0.05) is 41.5 Å². The highest BCUT2D eigenvalue weighted by atomic mass is 15.2. The molecule has 2 rings (SSSR count). The van der Waals surface area contributed by atoms with Crippen molar-refractivity contribution in [1.29, 1.82) is 0 Å². The van der Waals surface area contributed by atoms with Gasteiger partial charge < -0.3 is 4.90 Å². The third-order valence-corrected chi connectivity index (χ3v) is 5.44. The molecule has 1 heteroatoms. The topological polar surface area (TPSA) is 3.24 Å². The Balaban J connectivity index is 2.17. The van der Waals surface area contributed by atoms with Crippen molar-refractivity contribution in [2.24, 2.45) is 21.7 Å². The monoisotopic (exact) mass is 223 g/mol. The van der Waals surface area contributed by atoms with E-state index in [9.17, 15) is 0 Å². The second kappa shape index (κ2) is 3.04. The summed E-state index contributed by atoms with van der Waals surface area (Å²) >= 11 is 0. The standard InChI is InChI=1S/C15H29N/c1-12(2,3)15(13(4,5)6)8-14(9-15)10-16(7)11-14/h8-11H2,1-7H3. The third-order valence-electron chi connectivity index (χ3n) is 5.44. The van der Waals surface area contributed by atoms with E-state index in [4.69, 9.17) is 0 Å². The highest BCUT2D eigenvalue weighted by Crippen LogP contribution is 2.71. The van der Waals surface area contributed by atoms with Gasteiger partial charge in [-0.05, 0) is 41.5 Å². The molecule has 94 valence electrons. The average molecular weight is 223 g/mol. The van der Waals surface area contributed by atoms with Crippen LogP contribution in [0.5, 0.6) is 0 Å². The van der Waals surface area contributed by atoms with Crippen LogP contribution in [0.1, 0.15) is 54.4 Å². The Bertz CT molecular complexity index is 260. The second-order valence-electron chi connectivity index (χ2n) is 8.61. The number of hydrogen-bond donors (Lipinski definition) is 0. The van der Waals surface area contributed by atoms with E-state index < -0.39 is 0 Å². The van der Waals surface area contributed by atoms with Crippen LogP contribution >= 0.6 is 0 Å². The molecule has 2 fully saturated rings. The fourth-order valence-corrected chi connectivity index (χ4v) is 4.74. The van der Waals surface area contributed by atoms with Crippen LogP contribution in [0.15, 0.2) is 0 Å². The molecule has 0 aromatic heterocycles. The Labute approximate surface area is 102 Å². The van der Waals surface area contributed by atoms with Gasteiger partial charge in [0.25, 0.3) is 0 Å². The smallest absolute Gasteiger partial charge is 0.00479 e. The van der Waals surface area contributed by atoms with Gasteiger partial charge in [-0.3, -0.25) is 0 Å². The van der Waals surface area contributed by atoms with Crippen molar-refractivity contribution >= 4 is 0 Å². The lowest BCUT2D eigenvalue weighted by Gasteiger charge is -2.72. The van der Waals surface area contributed by atoms with Gasteiger partial charge in [-0.25, -0.2) is 0 Å². The minimum Gasteiger partial charge on any atom is -0.305 e. The van der Waals surface area contributed by atoms with Crippen LogP contribution in [0.4, 0.5) is 0 Å². The predicted octanol–water partition coefficient (Wildman–Crippen LogP) is 3.79. The first-order chi connectivity index (χ1) is 7.02. The summed E-state index contributed by atoms with van der Waals surface area (Å²) < 4.78 is 0. The Morgan fingerprint density at radius 3 is 1.44 bits per heavy atom. The highest BCUT2D eigenvalue weighted by Gasteiger charge is 2.66. The molecular weight excluding hydrogens is 194 g/mol. The predicted molar refractivity (Wildman–Crippen MR) is 70.5 cm³/mol. The molecule has 0 atom stereocenters. The van der Waals surface area contributed by atoms with Gasteiger partial charge in [0.1, 0.15) is 0 Å². The van der Waals surface area contributed by atoms with Crippen LogP contribution in [-0.4, -0.2) is 25.0 Å². The summed E-state index contributed by atoms with van der Waals surface area (Å²) in [6.45, 7) is 17.3. The molecule has 0 N–H and O–H groups in total. The zero-order chi connectivity index (χ0) is 12.4. The molecule has 1 aliphatic carbocycles. The van der Waals surface area contributed by atoms with Gasteiger partial charge in [0, 0.05) is 13.1 Å². The van der Waals surface area contributed by atoms with E-state index in [-0.39, 0.29) is 0 Å². The van der Waals surface area contributed by atoms with Crippen LogP contribution in [-0.2, 0) is 0 Å². The maximum absolute atomic E-state index is 2.47. The van der Waals surface area contributed by atoms with Crippen LogP contribution in [0.3, 0.4) is 0 Å². The Morgan fingerprint density at radius 1 is 0.812 bits per heavy atom. The molecule has 0 amide bonds. The molecule has 1 spiro atoms. The summed E-state index contributed by atoms with van der Waals surface area (Å²) in [4.78, 5) is 2.47. The summed E-state index contributed by atoms with van der Waals surface area (Å²) in [5, 5.41) is 0. The van der Waals surface area contributed by atoms with E-state index >= 15 is 0 Å². The summed E-state index contributed by atoms with van der Waals surface area (Å²) in [6, 6.07) is 0. The zero-order valence-corrected chi connectivity index (χ0v) is 12.3. The van der Waals surface area contributed by atoms with Crippen molar-refractivity contribution < 1.29 is 0 Å². The van der Waals surface area contributed by atoms with Gasteiger partial charge in [-0.15, -0.1) is 0 Å². The van der Waals surface area contributed by atoms with Crippen molar-refractivity contribution in [3.8, 4) is 0 Å². The third kappa shape index (κ3) is 1.47. The molecule has 0 aromatic rings. The minimum absolute atomic E-state index is 0.435. The minimum atomic E-state index is 0.435.